The second-order valence-corrected chi connectivity index (χ2v) is 30.9. The number of phenolic OH excluding ortho intramolecular Hbond substituents is 4. The Morgan fingerprint density at radius 2 is 0.450 bits per heavy atom. The fourth-order valence-corrected chi connectivity index (χ4v) is 14.8. The van der Waals surface area contributed by atoms with Crippen molar-refractivity contribution in [3.05, 3.63) is 152 Å². The smallest absolute Gasteiger partial charge is 0.122 e. The van der Waals surface area contributed by atoms with E-state index in [1.165, 1.54) is 361 Å². The van der Waals surface area contributed by atoms with Crippen molar-refractivity contribution < 1.29 is 20.4 Å². The molecule has 0 saturated heterocycles. The summed E-state index contributed by atoms with van der Waals surface area (Å²) in [5, 5.41) is 43.1. The lowest BCUT2D eigenvalue weighted by Gasteiger charge is -2.16. The highest BCUT2D eigenvalue weighted by Gasteiger charge is 2.17. The quantitative estimate of drug-likeness (QED) is 0.0293. The third kappa shape index (κ3) is 44.7. The molecule has 0 atom stereocenters. The van der Waals surface area contributed by atoms with Crippen LogP contribution in [0.3, 0.4) is 0 Å². The van der Waals surface area contributed by atoms with Gasteiger partial charge in [0.15, 0.2) is 0 Å². The van der Waals surface area contributed by atoms with Crippen molar-refractivity contribution in [3.8, 4) is 23.0 Å². The Bertz CT molecular complexity index is 2600. The first-order valence-electron chi connectivity index (χ1n) is 43.3. The lowest BCUT2D eigenvalue weighted by atomic mass is 9.91. The van der Waals surface area contributed by atoms with Crippen molar-refractivity contribution in [3.63, 3.8) is 0 Å². The standard InChI is InChI=1S/C56H90O3.C22H38.C18H30O/c1-4-7-10-13-16-19-22-25-28-31-34-47-37-39-54(57)50(41-47)45-52-43-49(36-33-30-27-24-21-18-15-12-9-6-3)44-53(56(52)59)46-51-42-48(38-40-55(51)58)35-32-29-26-23-20-17-14-11-8-5-2;1-5-7-8-9-10-11-12-13-14-15-16-21-17-19(3)20(4)22(6-2)18-21;1-2-3-4-5-6-7-8-9-10-11-12-17-13-15-18(19)16-14-17/h37-44,57-59H,4-36,45-46H2,1-3H3;17-18H,5-16H2,1-4H3;13-16,19H,2-12H2,1H3. The minimum absolute atomic E-state index is 0.301. The van der Waals surface area contributed by atoms with Gasteiger partial charge < -0.3 is 20.4 Å². The Morgan fingerprint density at radius 3 is 0.740 bits per heavy atom. The monoisotopic (exact) mass is 1380 g/mol. The molecule has 4 heteroatoms. The Labute approximate surface area is 619 Å². The summed E-state index contributed by atoms with van der Waals surface area (Å²) in [5.41, 5.74) is 14.7. The zero-order valence-corrected chi connectivity index (χ0v) is 66.9. The minimum Gasteiger partial charge on any atom is -0.508 e. The molecule has 0 spiro atoms. The number of hydrogen-bond donors (Lipinski definition) is 4. The molecule has 0 aliphatic heterocycles. The molecule has 566 valence electrons. The summed E-state index contributed by atoms with van der Waals surface area (Å²) < 4.78 is 0. The summed E-state index contributed by atoms with van der Waals surface area (Å²) in [6.07, 6.45) is 75.4. The number of aryl methyl sites for hydroxylation is 7. The first kappa shape index (κ1) is 89.5. The molecule has 0 unspecified atom stereocenters. The van der Waals surface area contributed by atoms with E-state index in [0.717, 1.165) is 54.4 Å². The molecular formula is C96H158O4. The molecule has 0 aliphatic carbocycles. The predicted octanol–water partition coefficient (Wildman–Crippen LogP) is 30.6. The lowest BCUT2D eigenvalue weighted by molar-refractivity contribution is 0.456. The Balaban J connectivity index is 0.000000511. The molecule has 5 aromatic carbocycles. The second-order valence-electron chi connectivity index (χ2n) is 30.9. The molecule has 0 saturated carbocycles. The van der Waals surface area contributed by atoms with Crippen molar-refractivity contribution in [2.24, 2.45) is 0 Å². The van der Waals surface area contributed by atoms with Crippen LogP contribution in [0.25, 0.3) is 0 Å². The van der Waals surface area contributed by atoms with Crippen LogP contribution in [0, 0.1) is 13.8 Å². The van der Waals surface area contributed by atoms with E-state index in [1.54, 1.807) is 23.3 Å². The largest absolute Gasteiger partial charge is 0.508 e. The zero-order chi connectivity index (χ0) is 72.1. The summed E-state index contributed by atoms with van der Waals surface area (Å²) in [5.74, 6) is 1.27. The van der Waals surface area contributed by atoms with Crippen LogP contribution in [0.1, 0.15) is 429 Å². The molecule has 0 fully saturated rings. The number of rotatable bonds is 60. The van der Waals surface area contributed by atoms with Gasteiger partial charge in [-0.05, 0) is 176 Å². The van der Waals surface area contributed by atoms with Crippen molar-refractivity contribution in [1.29, 1.82) is 0 Å². The normalized spacial score (nSPS) is 11.3. The number of aromatic hydroxyl groups is 4. The van der Waals surface area contributed by atoms with Crippen molar-refractivity contribution in [1.82, 2.24) is 0 Å². The molecule has 5 aromatic rings. The van der Waals surface area contributed by atoms with Crippen LogP contribution in [-0.4, -0.2) is 20.4 Å². The van der Waals surface area contributed by atoms with Gasteiger partial charge in [-0.15, -0.1) is 0 Å². The van der Waals surface area contributed by atoms with Gasteiger partial charge in [0.05, 0.1) is 0 Å². The third-order valence-corrected chi connectivity index (χ3v) is 21.6. The molecule has 4 N–H and O–H groups in total. The van der Waals surface area contributed by atoms with Gasteiger partial charge in [0, 0.05) is 12.8 Å². The van der Waals surface area contributed by atoms with E-state index in [0.29, 0.717) is 35.8 Å². The maximum Gasteiger partial charge on any atom is 0.122 e. The fourth-order valence-electron chi connectivity index (χ4n) is 14.8. The lowest BCUT2D eigenvalue weighted by Crippen LogP contribution is -2.00. The van der Waals surface area contributed by atoms with Gasteiger partial charge in [-0.1, -0.05) is 391 Å². The molecular weight excluding hydrogens is 1220 g/mol. The van der Waals surface area contributed by atoms with E-state index in [9.17, 15) is 20.4 Å². The van der Waals surface area contributed by atoms with E-state index in [1.807, 2.05) is 24.3 Å². The summed E-state index contributed by atoms with van der Waals surface area (Å²) in [6, 6.07) is 29.0. The van der Waals surface area contributed by atoms with Gasteiger partial charge in [0.1, 0.15) is 23.0 Å². The summed E-state index contributed by atoms with van der Waals surface area (Å²) in [7, 11) is 0. The van der Waals surface area contributed by atoms with E-state index in [4.69, 9.17) is 0 Å². The molecule has 0 radical (unpaired) electrons. The van der Waals surface area contributed by atoms with Crippen LogP contribution in [0.15, 0.2) is 84.9 Å². The van der Waals surface area contributed by atoms with Gasteiger partial charge >= 0.3 is 0 Å². The number of unbranched alkanes of at least 4 members (excludes halogenated alkanes) is 45. The molecule has 5 rings (SSSR count). The first-order chi connectivity index (χ1) is 49.0. The SMILES string of the molecule is CCCCCCCCCCCCc1cc(C)c(C)c(CC)c1.CCCCCCCCCCCCc1ccc(O)c(Cc2cc(CCCCCCCCCCCC)cc(Cc3cc(CCCCCCCCCCCC)ccc3O)c2O)c1.CCCCCCCCCCCCc1ccc(O)cc1. The molecule has 0 amide bonds. The number of hydrogen-bond acceptors (Lipinski definition) is 4. The highest BCUT2D eigenvalue weighted by Crippen LogP contribution is 2.35. The maximum atomic E-state index is 11.8. The van der Waals surface area contributed by atoms with Crippen LogP contribution in [0.2, 0.25) is 0 Å². The average Bonchev–Trinajstić information content (AvgIpc) is 0.812. The maximum absolute atomic E-state index is 11.8. The molecule has 0 aromatic heterocycles. The van der Waals surface area contributed by atoms with Crippen LogP contribution in [0.5, 0.6) is 23.0 Å². The minimum atomic E-state index is 0.301. The van der Waals surface area contributed by atoms with Crippen LogP contribution in [0.4, 0.5) is 0 Å². The summed E-state index contributed by atoms with van der Waals surface area (Å²) in [6.45, 7) is 18.2. The van der Waals surface area contributed by atoms with Gasteiger partial charge in [-0.25, -0.2) is 0 Å². The topological polar surface area (TPSA) is 80.9 Å². The Morgan fingerprint density at radius 1 is 0.220 bits per heavy atom. The zero-order valence-electron chi connectivity index (χ0n) is 66.9. The van der Waals surface area contributed by atoms with Crippen molar-refractivity contribution in [2.45, 2.75) is 428 Å². The van der Waals surface area contributed by atoms with E-state index in [-0.39, 0.29) is 0 Å². The molecule has 0 aliphatic rings. The number of phenols is 4. The highest BCUT2D eigenvalue weighted by molar-refractivity contribution is 5.51. The summed E-state index contributed by atoms with van der Waals surface area (Å²) >= 11 is 0. The molecule has 4 nitrogen and oxygen atoms in total. The Kier molecular flexibility index (Phi) is 55.3. The first-order valence-corrected chi connectivity index (χ1v) is 43.3. The van der Waals surface area contributed by atoms with Gasteiger partial charge in [0.25, 0.3) is 0 Å². The third-order valence-electron chi connectivity index (χ3n) is 21.6. The van der Waals surface area contributed by atoms with Crippen LogP contribution >= 0.6 is 0 Å². The fraction of sp³-hybridized carbons (Fsp3) is 0.688. The van der Waals surface area contributed by atoms with E-state index >= 15 is 0 Å². The number of benzene rings is 5. The van der Waals surface area contributed by atoms with Crippen LogP contribution in [-0.2, 0) is 51.4 Å². The van der Waals surface area contributed by atoms with E-state index in [2.05, 4.69) is 104 Å². The second kappa shape index (κ2) is 61.7. The van der Waals surface area contributed by atoms with Gasteiger partial charge in [0.2, 0.25) is 0 Å². The van der Waals surface area contributed by atoms with Crippen molar-refractivity contribution in [2.75, 3.05) is 0 Å². The summed E-state index contributed by atoms with van der Waals surface area (Å²) in [4.78, 5) is 0. The Hall–Kier alpha value is -4.70. The molecule has 0 bridgehead atoms. The van der Waals surface area contributed by atoms with Crippen LogP contribution < -0.4 is 0 Å². The molecule has 0 heterocycles. The highest BCUT2D eigenvalue weighted by atomic mass is 16.3. The van der Waals surface area contributed by atoms with Gasteiger partial charge in [-0.2, -0.15) is 0 Å². The average molecular weight is 1380 g/mol. The van der Waals surface area contributed by atoms with Crippen molar-refractivity contribution >= 4 is 0 Å². The molecule has 100 heavy (non-hydrogen) atoms. The van der Waals surface area contributed by atoms with E-state index < -0.39 is 0 Å². The van der Waals surface area contributed by atoms with Gasteiger partial charge in [-0.3, -0.25) is 0 Å². The predicted molar refractivity (Wildman–Crippen MR) is 441 cm³/mol.